The molecule has 0 fully saturated rings. The molecule has 2 heterocycles. The first-order valence-electron chi connectivity index (χ1n) is 3.92. The molecule has 0 aliphatic heterocycles. The van der Waals surface area contributed by atoms with Crippen molar-refractivity contribution in [1.82, 2.24) is 9.38 Å². The van der Waals surface area contributed by atoms with Gasteiger partial charge < -0.3 is 5.73 Å². The number of aromatic nitrogens is 2. The van der Waals surface area contributed by atoms with Gasteiger partial charge in [0, 0.05) is 6.20 Å². The molecule has 13 heavy (non-hydrogen) atoms. The van der Waals surface area contributed by atoms with Crippen molar-refractivity contribution < 1.29 is 0 Å². The van der Waals surface area contributed by atoms with Gasteiger partial charge in [0.05, 0.1) is 6.20 Å². The summed E-state index contributed by atoms with van der Waals surface area (Å²) in [4.78, 5) is 15.5. The molecule has 0 saturated carbocycles. The second kappa shape index (κ2) is 2.58. The second-order valence-electron chi connectivity index (χ2n) is 2.95. The molecule has 2 N–H and O–H groups in total. The van der Waals surface area contributed by atoms with E-state index in [1.165, 1.54) is 10.6 Å². The van der Waals surface area contributed by atoms with Crippen LogP contribution in [0.2, 0.25) is 0 Å². The van der Waals surface area contributed by atoms with E-state index >= 15 is 0 Å². The van der Waals surface area contributed by atoms with E-state index in [0.29, 0.717) is 5.65 Å². The molecule has 66 valence electrons. The molecule has 2 aromatic rings. The molecule has 0 aromatic carbocycles. The number of anilines is 1. The zero-order valence-corrected chi connectivity index (χ0v) is 7.19. The van der Waals surface area contributed by atoms with E-state index in [0.717, 1.165) is 5.56 Å². The third-order valence-electron chi connectivity index (χ3n) is 1.89. The Morgan fingerprint density at radius 2 is 2.31 bits per heavy atom. The SMILES string of the molecule is Cc1ccn2c(=O)c(N)cnc2c1. The van der Waals surface area contributed by atoms with Crippen LogP contribution in [0, 0.1) is 6.92 Å². The number of nitrogen functional groups attached to an aromatic ring is 1. The molecule has 0 aliphatic carbocycles. The van der Waals surface area contributed by atoms with Gasteiger partial charge in [-0.25, -0.2) is 4.98 Å². The average Bonchev–Trinajstić information content (AvgIpc) is 2.12. The standard InChI is InChI=1S/C9H9N3O/c1-6-2-3-12-8(4-6)11-5-7(10)9(12)13/h2-5H,10H2,1H3. The summed E-state index contributed by atoms with van der Waals surface area (Å²) in [5.74, 6) is 0. The Balaban J connectivity index is 2.95. The van der Waals surface area contributed by atoms with E-state index in [1.807, 2.05) is 19.1 Å². The van der Waals surface area contributed by atoms with Gasteiger partial charge in [0.2, 0.25) is 0 Å². The largest absolute Gasteiger partial charge is 0.393 e. The maximum Gasteiger partial charge on any atom is 0.280 e. The highest BCUT2D eigenvalue weighted by Crippen LogP contribution is 2.02. The normalized spacial score (nSPS) is 10.5. The first-order chi connectivity index (χ1) is 6.18. The van der Waals surface area contributed by atoms with Gasteiger partial charge in [-0.05, 0) is 24.6 Å². The van der Waals surface area contributed by atoms with Crippen molar-refractivity contribution in [2.24, 2.45) is 0 Å². The zero-order valence-electron chi connectivity index (χ0n) is 7.19. The minimum absolute atomic E-state index is 0.168. The fourth-order valence-corrected chi connectivity index (χ4v) is 1.19. The number of nitrogens with two attached hydrogens (primary N) is 1. The number of hydrogen-bond acceptors (Lipinski definition) is 3. The smallest absolute Gasteiger partial charge is 0.280 e. The first-order valence-corrected chi connectivity index (χ1v) is 3.92. The van der Waals surface area contributed by atoms with Crippen molar-refractivity contribution in [1.29, 1.82) is 0 Å². The highest BCUT2D eigenvalue weighted by atomic mass is 16.1. The molecule has 4 heteroatoms. The Morgan fingerprint density at radius 1 is 1.54 bits per heavy atom. The summed E-state index contributed by atoms with van der Waals surface area (Å²) in [5, 5.41) is 0. The van der Waals surface area contributed by atoms with Crippen LogP contribution in [-0.4, -0.2) is 9.38 Å². The summed E-state index contributed by atoms with van der Waals surface area (Å²) >= 11 is 0. The van der Waals surface area contributed by atoms with Crippen molar-refractivity contribution in [3.8, 4) is 0 Å². The van der Waals surface area contributed by atoms with Gasteiger partial charge in [-0.3, -0.25) is 9.20 Å². The highest BCUT2D eigenvalue weighted by Gasteiger charge is 1.99. The molecule has 0 radical (unpaired) electrons. The number of fused-ring (bicyclic) bond motifs is 1. The Kier molecular flexibility index (Phi) is 1.55. The minimum atomic E-state index is -0.218. The predicted octanol–water partition coefficient (Wildman–Crippen LogP) is 0.585. The lowest BCUT2D eigenvalue weighted by molar-refractivity contribution is 1.04. The van der Waals surface area contributed by atoms with Crippen LogP contribution in [0.15, 0.2) is 29.3 Å². The topological polar surface area (TPSA) is 60.4 Å². The Morgan fingerprint density at radius 3 is 3.08 bits per heavy atom. The average molecular weight is 175 g/mol. The molecular formula is C9H9N3O. The summed E-state index contributed by atoms with van der Waals surface area (Å²) < 4.78 is 1.43. The van der Waals surface area contributed by atoms with Crippen LogP contribution in [0.25, 0.3) is 5.65 Å². The minimum Gasteiger partial charge on any atom is -0.393 e. The van der Waals surface area contributed by atoms with Gasteiger partial charge in [0.15, 0.2) is 0 Å². The molecular weight excluding hydrogens is 166 g/mol. The summed E-state index contributed by atoms with van der Waals surface area (Å²) in [6.45, 7) is 1.95. The Hall–Kier alpha value is -1.84. The van der Waals surface area contributed by atoms with Crippen molar-refractivity contribution in [3.63, 3.8) is 0 Å². The summed E-state index contributed by atoms with van der Waals surface area (Å²) in [5.41, 5.74) is 7.07. The van der Waals surface area contributed by atoms with E-state index in [1.54, 1.807) is 6.20 Å². The maximum atomic E-state index is 11.4. The molecule has 0 saturated heterocycles. The quantitative estimate of drug-likeness (QED) is 0.637. The summed E-state index contributed by atoms with van der Waals surface area (Å²) in [7, 11) is 0. The van der Waals surface area contributed by atoms with Crippen LogP contribution in [0.1, 0.15) is 5.56 Å². The van der Waals surface area contributed by atoms with E-state index in [9.17, 15) is 4.79 Å². The lowest BCUT2D eigenvalue weighted by Crippen LogP contribution is -2.17. The van der Waals surface area contributed by atoms with Gasteiger partial charge in [-0.15, -0.1) is 0 Å². The molecule has 2 rings (SSSR count). The van der Waals surface area contributed by atoms with Crippen LogP contribution in [0.3, 0.4) is 0 Å². The monoisotopic (exact) mass is 175 g/mol. The number of pyridine rings is 1. The van der Waals surface area contributed by atoms with Gasteiger partial charge in [-0.1, -0.05) is 0 Å². The van der Waals surface area contributed by atoms with Gasteiger partial charge in [0.1, 0.15) is 11.3 Å². The molecule has 0 amide bonds. The lowest BCUT2D eigenvalue weighted by atomic mass is 10.3. The van der Waals surface area contributed by atoms with Crippen LogP contribution < -0.4 is 11.3 Å². The number of nitrogens with zero attached hydrogens (tertiary/aromatic N) is 2. The maximum absolute atomic E-state index is 11.4. The summed E-state index contributed by atoms with van der Waals surface area (Å²) in [6.07, 6.45) is 3.06. The molecule has 0 bridgehead atoms. The van der Waals surface area contributed by atoms with Gasteiger partial charge in [-0.2, -0.15) is 0 Å². The lowest BCUT2D eigenvalue weighted by Gasteiger charge is -2.00. The van der Waals surface area contributed by atoms with Crippen molar-refractivity contribution in [3.05, 3.63) is 40.4 Å². The zero-order chi connectivity index (χ0) is 9.42. The van der Waals surface area contributed by atoms with E-state index in [-0.39, 0.29) is 11.2 Å². The molecule has 0 unspecified atom stereocenters. The number of rotatable bonds is 0. The number of aryl methyl sites for hydroxylation is 1. The van der Waals surface area contributed by atoms with Crippen LogP contribution in [0.5, 0.6) is 0 Å². The second-order valence-corrected chi connectivity index (χ2v) is 2.95. The number of hydrogen-bond donors (Lipinski definition) is 1. The summed E-state index contributed by atoms with van der Waals surface area (Å²) in [6, 6.07) is 3.68. The molecule has 0 atom stereocenters. The van der Waals surface area contributed by atoms with Crippen molar-refractivity contribution in [2.45, 2.75) is 6.92 Å². The van der Waals surface area contributed by atoms with Crippen LogP contribution >= 0.6 is 0 Å². The van der Waals surface area contributed by atoms with E-state index in [4.69, 9.17) is 5.73 Å². The highest BCUT2D eigenvalue weighted by molar-refractivity contribution is 5.45. The third kappa shape index (κ3) is 1.16. The predicted molar refractivity (Wildman–Crippen MR) is 50.6 cm³/mol. The van der Waals surface area contributed by atoms with Gasteiger partial charge >= 0.3 is 0 Å². The van der Waals surface area contributed by atoms with Crippen LogP contribution in [-0.2, 0) is 0 Å². The van der Waals surface area contributed by atoms with Gasteiger partial charge in [0.25, 0.3) is 5.56 Å². The molecule has 0 aliphatic rings. The first kappa shape index (κ1) is 7.79. The molecule has 0 spiro atoms. The van der Waals surface area contributed by atoms with E-state index < -0.39 is 0 Å². The Bertz CT molecular complexity index is 516. The van der Waals surface area contributed by atoms with Crippen LogP contribution in [0.4, 0.5) is 5.69 Å². The fraction of sp³-hybridized carbons (Fsp3) is 0.111. The van der Waals surface area contributed by atoms with E-state index in [2.05, 4.69) is 4.98 Å². The van der Waals surface area contributed by atoms with Crippen molar-refractivity contribution >= 4 is 11.3 Å². The Labute approximate surface area is 74.6 Å². The molecule has 2 aromatic heterocycles. The fourth-order valence-electron chi connectivity index (χ4n) is 1.19. The molecule has 4 nitrogen and oxygen atoms in total. The van der Waals surface area contributed by atoms with Crippen molar-refractivity contribution in [2.75, 3.05) is 5.73 Å². The third-order valence-corrected chi connectivity index (χ3v) is 1.89.